The van der Waals surface area contributed by atoms with Gasteiger partial charge in [-0.3, -0.25) is 14.2 Å². The van der Waals surface area contributed by atoms with Gasteiger partial charge in [-0.15, -0.1) is 0 Å². The van der Waals surface area contributed by atoms with E-state index in [0.29, 0.717) is 23.6 Å². The highest BCUT2D eigenvalue weighted by Gasteiger charge is 2.34. The van der Waals surface area contributed by atoms with Crippen LogP contribution in [0.2, 0.25) is 0 Å². The van der Waals surface area contributed by atoms with Crippen molar-refractivity contribution in [3.05, 3.63) is 103 Å². The van der Waals surface area contributed by atoms with Crippen molar-refractivity contribution < 1.29 is 9.53 Å². The number of nitrogens with zero attached hydrogens (tertiary/aromatic N) is 6. The Bertz CT molecular complexity index is 1640. The predicted molar refractivity (Wildman–Crippen MR) is 152 cm³/mol. The average molecular weight is 589 g/mol. The topological polar surface area (TPSA) is 94.6 Å². The van der Waals surface area contributed by atoms with Crippen molar-refractivity contribution in [2.75, 3.05) is 7.11 Å². The zero-order valence-corrected chi connectivity index (χ0v) is 24.1. The van der Waals surface area contributed by atoms with E-state index in [1.54, 1.807) is 25.6 Å². The molecule has 1 unspecified atom stereocenters. The summed E-state index contributed by atoms with van der Waals surface area (Å²) in [5, 5.41) is 10.8. The van der Waals surface area contributed by atoms with Gasteiger partial charge in [-0.2, -0.15) is 10.2 Å². The van der Waals surface area contributed by atoms with Crippen LogP contribution in [-0.4, -0.2) is 43.1 Å². The van der Waals surface area contributed by atoms with E-state index in [2.05, 4.69) is 26.0 Å². The number of hydrazone groups is 1. The predicted octanol–water partition coefficient (Wildman–Crippen LogP) is 4.81. The third kappa shape index (κ3) is 5.16. The molecule has 0 spiro atoms. The molecule has 4 aromatic rings. The third-order valence-electron chi connectivity index (χ3n) is 6.95. The van der Waals surface area contributed by atoms with E-state index in [1.807, 2.05) is 68.4 Å². The molecule has 0 saturated carbocycles. The molecule has 1 aliphatic rings. The van der Waals surface area contributed by atoms with Gasteiger partial charge in [0.2, 0.25) is 5.95 Å². The number of halogens is 1. The van der Waals surface area contributed by atoms with Gasteiger partial charge in [0.15, 0.2) is 0 Å². The lowest BCUT2D eigenvalue weighted by Gasteiger charge is -2.23. The number of hydrogen-bond acceptors (Lipinski definition) is 6. The van der Waals surface area contributed by atoms with Crippen molar-refractivity contribution in [1.29, 1.82) is 0 Å². The molecule has 2 aromatic heterocycles. The molecule has 39 heavy (non-hydrogen) atoms. The van der Waals surface area contributed by atoms with Crippen LogP contribution in [-0.2, 0) is 11.3 Å². The second-order valence-corrected chi connectivity index (χ2v) is 10.6. The highest BCUT2D eigenvalue weighted by Crippen LogP contribution is 2.34. The van der Waals surface area contributed by atoms with Crippen LogP contribution >= 0.6 is 15.9 Å². The Hall–Kier alpha value is -4.05. The second-order valence-electron chi connectivity index (χ2n) is 9.64. The molecule has 5 rings (SSSR count). The van der Waals surface area contributed by atoms with E-state index >= 15 is 0 Å². The van der Waals surface area contributed by atoms with E-state index in [0.717, 1.165) is 38.4 Å². The molecule has 0 fully saturated rings. The minimum atomic E-state index is -0.339. The molecule has 9 nitrogen and oxygen atoms in total. The standard InChI is InChI=1S/C29H29BrN6O3/c1-17-14-18(2)35(32-17)29-31-20(4)19(3)28(38)34(29)16-27(37)36-26(22-8-12-24(39-5)13-9-22)15-25(33-36)21-6-10-23(30)11-7-21/h6-14,26H,15-16H2,1-5H3. The van der Waals surface area contributed by atoms with Gasteiger partial charge in [0.25, 0.3) is 11.5 Å². The van der Waals surface area contributed by atoms with Gasteiger partial charge in [0, 0.05) is 27.8 Å². The number of rotatable bonds is 6. The number of ether oxygens (including phenoxy) is 1. The summed E-state index contributed by atoms with van der Waals surface area (Å²) in [7, 11) is 1.62. The van der Waals surface area contributed by atoms with Crippen LogP contribution < -0.4 is 10.3 Å². The molecule has 1 aliphatic heterocycles. The zero-order chi connectivity index (χ0) is 27.8. The minimum absolute atomic E-state index is 0.232. The van der Waals surface area contributed by atoms with Gasteiger partial charge in [-0.1, -0.05) is 40.2 Å². The minimum Gasteiger partial charge on any atom is -0.497 e. The number of methoxy groups -OCH3 is 1. The molecule has 1 amide bonds. The average Bonchev–Trinajstić information content (AvgIpc) is 3.52. The fourth-order valence-electron chi connectivity index (χ4n) is 4.73. The van der Waals surface area contributed by atoms with E-state index in [9.17, 15) is 9.59 Å². The number of carbonyl (C=O) groups excluding carboxylic acids is 1. The highest BCUT2D eigenvalue weighted by molar-refractivity contribution is 9.10. The summed E-state index contributed by atoms with van der Waals surface area (Å²) in [6, 6.07) is 17.0. The van der Waals surface area contributed by atoms with Crippen molar-refractivity contribution >= 4 is 27.5 Å². The van der Waals surface area contributed by atoms with Gasteiger partial charge in [0.1, 0.15) is 12.3 Å². The van der Waals surface area contributed by atoms with Crippen molar-refractivity contribution in [2.24, 2.45) is 5.10 Å². The van der Waals surface area contributed by atoms with Crippen LogP contribution in [0.4, 0.5) is 0 Å². The summed E-state index contributed by atoms with van der Waals surface area (Å²) >= 11 is 3.48. The molecule has 0 radical (unpaired) electrons. The smallest absolute Gasteiger partial charge is 0.263 e. The Morgan fingerprint density at radius 3 is 2.36 bits per heavy atom. The van der Waals surface area contributed by atoms with E-state index in [-0.39, 0.29) is 24.1 Å². The molecule has 0 saturated heterocycles. The summed E-state index contributed by atoms with van der Waals surface area (Å²) in [5.74, 6) is 0.711. The largest absolute Gasteiger partial charge is 0.497 e. The number of hydrogen-bond donors (Lipinski definition) is 0. The van der Waals surface area contributed by atoms with Crippen LogP contribution in [0, 0.1) is 27.7 Å². The maximum absolute atomic E-state index is 13.9. The van der Waals surface area contributed by atoms with Crippen molar-refractivity contribution in [3.63, 3.8) is 0 Å². The van der Waals surface area contributed by atoms with Crippen LogP contribution in [0.25, 0.3) is 5.95 Å². The third-order valence-corrected chi connectivity index (χ3v) is 7.48. The molecule has 0 N–H and O–H groups in total. The highest BCUT2D eigenvalue weighted by atomic mass is 79.9. The molecule has 200 valence electrons. The number of benzene rings is 2. The molecule has 2 aromatic carbocycles. The van der Waals surface area contributed by atoms with Crippen molar-refractivity contribution in [1.82, 2.24) is 24.3 Å². The monoisotopic (exact) mass is 588 g/mol. The molecular formula is C29H29BrN6O3. The van der Waals surface area contributed by atoms with Crippen molar-refractivity contribution in [2.45, 2.75) is 46.7 Å². The molecule has 3 heterocycles. The van der Waals surface area contributed by atoms with Gasteiger partial charge >= 0.3 is 0 Å². The number of aryl methyl sites for hydroxylation is 3. The van der Waals surface area contributed by atoms with Crippen LogP contribution in [0.5, 0.6) is 5.75 Å². The maximum Gasteiger partial charge on any atom is 0.263 e. The Balaban J connectivity index is 1.56. The zero-order valence-electron chi connectivity index (χ0n) is 22.5. The SMILES string of the molecule is COc1ccc(C2CC(c3ccc(Br)cc3)=NN2C(=O)Cn2c(-n3nc(C)cc3C)nc(C)c(C)c2=O)cc1. The Morgan fingerprint density at radius 1 is 1.05 bits per heavy atom. The normalized spacial score (nSPS) is 15.0. The molecule has 0 bridgehead atoms. The van der Waals surface area contributed by atoms with E-state index < -0.39 is 0 Å². The first-order chi connectivity index (χ1) is 18.7. The van der Waals surface area contributed by atoms with Crippen LogP contribution in [0.1, 0.15) is 46.2 Å². The fraction of sp³-hybridized carbons (Fsp3) is 0.276. The Labute approximate surface area is 234 Å². The van der Waals surface area contributed by atoms with Gasteiger partial charge in [-0.25, -0.2) is 14.7 Å². The van der Waals surface area contributed by atoms with Gasteiger partial charge in [-0.05, 0) is 69.2 Å². The van der Waals surface area contributed by atoms with Crippen LogP contribution in [0.3, 0.4) is 0 Å². The van der Waals surface area contributed by atoms with E-state index in [4.69, 9.17) is 9.84 Å². The van der Waals surface area contributed by atoms with Gasteiger partial charge < -0.3 is 4.74 Å². The molecule has 1 atom stereocenters. The molecular weight excluding hydrogens is 560 g/mol. The number of aromatic nitrogens is 4. The summed E-state index contributed by atoms with van der Waals surface area (Å²) in [5.41, 5.74) is 5.05. The lowest BCUT2D eigenvalue weighted by Crippen LogP contribution is -2.37. The van der Waals surface area contributed by atoms with Gasteiger partial charge in [0.05, 0.1) is 24.6 Å². The quantitative estimate of drug-likeness (QED) is 0.322. The summed E-state index contributed by atoms with van der Waals surface area (Å²) in [6.45, 7) is 7.04. The first-order valence-electron chi connectivity index (χ1n) is 12.6. The Kier molecular flexibility index (Phi) is 7.22. The summed E-state index contributed by atoms with van der Waals surface area (Å²) < 4.78 is 9.28. The summed E-state index contributed by atoms with van der Waals surface area (Å²) in [4.78, 5) is 32.1. The maximum atomic E-state index is 13.9. The number of carbonyl (C=O) groups is 1. The molecule has 0 aliphatic carbocycles. The van der Waals surface area contributed by atoms with E-state index in [1.165, 1.54) is 9.58 Å². The van der Waals surface area contributed by atoms with Crippen LogP contribution in [0.15, 0.2) is 69.0 Å². The lowest BCUT2D eigenvalue weighted by molar-refractivity contribution is -0.133. The summed E-state index contributed by atoms with van der Waals surface area (Å²) in [6.07, 6.45) is 0.532. The first-order valence-corrected chi connectivity index (χ1v) is 13.4. The number of amides is 1. The second kappa shape index (κ2) is 10.6. The first kappa shape index (κ1) is 26.6. The fourth-order valence-corrected chi connectivity index (χ4v) is 4.99. The lowest BCUT2D eigenvalue weighted by atomic mass is 9.98. The Morgan fingerprint density at radius 2 is 1.74 bits per heavy atom. The van der Waals surface area contributed by atoms with Crippen molar-refractivity contribution in [3.8, 4) is 11.7 Å². The molecule has 10 heteroatoms.